The number of rotatable bonds is 3. The predicted molar refractivity (Wildman–Crippen MR) is 53.9 cm³/mol. The minimum atomic E-state index is -0.442. The second-order valence-electron chi connectivity index (χ2n) is 2.95. The van der Waals surface area contributed by atoms with Crippen LogP contribution in [0.25, 0.3) is 10.9 Å². The Hall–Kier alpha value is -2.11. The summed E-state index contributed by atoms with van der Waals surface area (Å²) in [6.45, 7) is 2.31. The van der Waals surface area contributed by atoms with Crippen LogP contribution in [0.15, 0.2) is 18.2 Å². The van der Waals surface area contributed by atoms with E-state index in [-0.39, 0.29) is 5.69 Å². The number of H-pyrrole nitrogens is 1. The number of aromatic nitrogens is 2. The van der Waals surface area contributed by atoms with Crippen LogP contribution in [0.1, 0.15) is 6.92 Å². The lowest BCUT2D eigenvalue weighted by molar-refractivity contribution is -0.384. The van der Waals surface area contributed by atoms with E-state index < -0.39 is 4.92 Å². The fraction of sp³-hybridized carbons (Fsp3) is 0.222. The van der Waals surface area contributed by atoms with E-state index in [1.165, 1.54) is 12.1 Å². The van der Waals surface area contributed by atoms with Crippen LogP contribution in [0.3, 0.4) is 0 Å². The van der Waals surface area contributed by atoms with Gasteiger partial charge in [0.1, 0.15) is 0 Å². The van der Waals surface area contributed by atoms with Crippen LogP contribution in [0.5, 0.6) is 5.88 Å². The van der Waals surface area contributed by atoms with Gasteiger partial charge in [0.05, 0.1) is 22.4 Å². The number of ether oxygens (including phenoxy) is 1. The van der Waals surface area contributed by atoms with E-state index in [4.69, 9.17) is 4.74 Å². The van der Waals surface area contributed by atoms with Crippen LogP contribution in [0, 0.1) is 10.1 Å². The molecule has 1 heterocycles. The highest BCUT2D eigenvalue weighted by Gasteiger charge is 2.11. The quantitative estimate of drug-likeness (QED) is 0.615. The Morgan fingerprint density at radius 3 is 3.07 bits per heavy atom. The molecule has 1 aromatic heterocycles. The number of nitrogens with zero attached hydrogens (tertiary/aromatic N) is 2. The molecule has 2 rings (SSSR count). The zero-order valence-electron chi connectivity index (χ0n) is 8.06. The van der Waals surface area contributed by atoms with E-state index in [0.29, 0.717) is 17.9 Å². The third-order valence-electron chi connectivity index (χ3n) is 2.00. The number of hydrogen-bond acceptors (Lipinski definition) is 4. The summed E-state index contributed by atoms with van der Waals surface area (Å²) in [5.74, 6) is 0.399. The molecule has 1 aromatic carbocycles. The minimum absolute atomic E-state index is 0.0323. The molecule has 0 saturated carbocycles. The van der Waals surface area contributed by atoms with Crippen LogP contribution in [0.2, 0.25) is 0 Å². The molecule has 0 fully saturated rings. The Bertz CT molecular complexity index is 506. The average molecular weight is 207 g/mol. The van der Waals surface area contributed by atoms with E-state index >= 15 is 0 Å². The number of aromatic amines is 1. The third-order valence-corrected chi connectivity index (χ3v) is 2.00. The van der Waals surface area contributed by atoms with E-state index in [1.807, 2.05) is 6.92 Å². The maximum absolute atomic E-state index is 10.6. The zero-order valence-corrected chi connectivity index (χ0v) is 8.06. The Morgan fingerprint density at radius 1 is 1.60 bits per heavy atom. The number of hydrogen-bond donors (Lipinski definition) is 1. The molecule has 6 nitrogen and oxygen atoms in total. The number of nitrogens with one attached hydrogen (secondary N) is 1. The highest BCUT2D eigenvalue weighted by atomic mass is 16.6. The van der Waals surface area contributed by atoms with Crippen LogP contribution in [-0.2, 0) is 0 Å². The highest BCUT2D eigenvalue weighted by molar-refractivity contribution is 5.86. The normalized spacial score (nSPS) is 10.5. The monoisotopic (exact) mass is 207 g/mol. The Kier molecular flexibility index (Phi) is 2.24. The summed E-state index contributed by atoms with van der Waals surface area (Å²) in [7, 11) is 0. The lowest BCUT2D eigenvalue weighted by Crippen LogP contribution is -1.92. The molecular formula is C9H9N3O3. The van der Waals surface area contributed by atoms with Crippen molar-refractivity contribution in [2.75, 3.05) is 6.61 Å². The SMILES string of the molecule is CCOc1n[nH]c2ccc([N+](=O)[O-])cc12. The van der Waals surface area contributed by atoms with Crippen molar-refractivity contribution in [3.8, 4) is 5.88 Å². The second-order valence-corrected chi connectivity index (χ2v) is 2.95. The molecule has 1 N–H and O–H groups in total. The van der Waals surface area contributed by atoms with Crippen LogP contribution in [-0.4, -0.2) is 21.7 Å². The molecule has 15 heavy (non-hydrogen) atoms. The van der Waals surface area contributed by atoms with Crippen LogP contribution < -0.4 is 4.74 Å². The zero-order chi connectivity index (χ0) is 10.8. The summed E-state index contributed by atoms with van der Waals surface area (Å²) >= 11 is 0. The fourth-order valence-corrected chi connectivity index (χ4v) is 1.34. The molecule has 0 amide bonds. The topological polar surface area (TPSA) is 81.0 Å². The van der Waals surface area contributed by atoms with Gasteiger partial charge in [0.2, 0.25) is 5.88 Å². The molecule has 0 unspecified atom stereocenters. The summed E-state index contributed by atoms with van der Waals surface area (Å²) in [4.78, 5) is 10.1. The van der Waals surface area contributed by atoms with Crippen molar-refractivity contribution in [3.05, 3.63) is 28.3 Å². The summed E-state index contributed by atoms with van der Waals surface area (Å²) in [5.41, 5.74) is 0.758. The van der Waals surface area contributed by atoms with E-state index in [0.717, 1.165) is 5.52 Å². The van der Waals surface area contributed by atoms with E-state index in [2.05, 4.69) is 10.2 Å². The van der Waals surface area contributed by atoms with E-state index in [1.54, 1.807) is 6.07 Å². The van der Waals surface area contributed by atoms with Gasteiger partial charge in [-0.3, -0.25) is 15.2 Å². The first-order valence-electron chi connectivity index (χ1n) is 4.47. The van der Waals surface area contributed by atoms with Gasteiger partial charge in [-0.25, -0.2) is 0 Å². The molecule has 0 aliphatic rings. The van der Waals surface area contributed by atoms with Gasteiger partial charge in [0.25, 0.3) is 5.69 Å². The van der Waals surface area contributed by atoms with E-state index in [9.17, 15) is 10.1 Å². The summed E-state index contributed by atoms with van der Waals surface area (Å²) in [6.07, 6.45) is 0. The molecule has 2 aromatic rings. The maximum Gasteiger partial charge on any atom is 0.270 e. The van der Waals surface area contributed by atoms with Crippen LogP contribution in [0.4, 0.5) is 5.69 Å². The van der Waals surface area contributed by atoms with Crippen molar-refractivity contribution in [3.63, 3.8) is 0 Å². The average Bonchev–Trinajstić information content (AvgIpc) is 2.61. The molecule has 0 saturated heterocycles. The highest BCUT2D eigenvalue weighted by Crippen LogP contribution is 2.26. The van der Waals surface area contributed by atoms with Crippen molar-refractivity contribution in [2.24, 2.45) is 0 Å². The Balaban J connectivity index is 2.56. The predicted octanol–water partition coefficient (Wildman–Crippen LogP) is 1.87. The third kappa shape index (κ3) is 1.61. The van der Waals surface area contributed by atoms with Gasteiger partial charge in [-0.05, 0) is 13.0 Å². The number of non-ortho nitro benzene ring substituents is 1. The maximum atomic E-state index is 10.6. The minimum Gasteiger partial charge on any atom is -0.476 e. The number of nitro groups is 1. The lowest BCUT2D eigenvalue weighted by Gasteiger charge is -1.97. The summed E-state index contributed by atoms with van der Waals surface area (Å²) in [5, 5.41) is 17.9. The Labute approximate surface area is 85.0 Å². The van der Waals surface area contributed by atoms with Crippen molar-refractivity contribution < 1.29 is 9.66 Å². The number of fused-ring (bicyclic) bond motifs is 1. The standard InChI is InChI=1S/C9H9N3O3/c1-2-15-9-7-5-6(12(13)14)3-4-8(7)10-11-9/h3-5H,2H2,1H3,(H,10,11). The van der Waals surface area contributed by atoms with Gasteiger partial charge in [-0.1, -0.05) is 0 Å². The van der Waals surface area contributed by atoms with Gasteiger partial charge in [0.15, 0.2) is 0 Å². The van der Waals surface area contributed by atoms with Crippen molar-refractivity contribution in [2.45, 2.75) is 6.92 Å². The molecule has 6 heteroatoms. The van der Waals surface area contributed by atoms with Crippen LogP contribution >= 0.6 is 0 Å². The molecule has 78 valence electrons. The summed E-state index contributed by atoms with van der Waals surface area (Å²) in [6, 6.07) is 4.49. The van der Waals surface area contributed by atoms with Gasteiger partial charge < -0.3 is 4.74 Å². The second kappa shape index (κ2) is 3.56. The number of benzene rings is 1. The molecule has 0 bridgehead atoms. The van der Waals surface area contributed by atoms with Crippen molar-refractivity contribution >= 4 is 16.6 Å². The van der Waals surface area contributed by atoms with Gasteiger partial charge in [-0.15, -0.1) is 5.10 Å². The van der Waals surface area contributed by atoms with Gasteiger partial charge in [0, 0.05) is 12.1 Å². The smallest absolute Gasteiger partial charge is 0.270 e. The largest absolute Gasteiger partial charge is 0.476 e. The first-order valence-corrected chi connectivity index (χ1v) is 4.47. The van der Waals surface area contributed by atoms with Gasteiger partial charge >= 0.3 is 0 Å². The molecule has 0 aliphatic carbocycles. The molecule has 0 spiro atoms. The lowest BCUT2D eigenvalue weighted by atomic mass is 10.2. The van der Waals surface area contributed by atoms with Crippen molar-refractivity contribution in [1.29, 1.82) is 0 Å². The van der Waals surface area contributed by atoms with Gasteiger partial charge in [-0.2, -0.15) is 0 Å². The molecule has 0 atom stereocenters. The molecule has 0 aliphatic heterocycles. The Morgan fingerprint density at radius 2 is 2.40 bits per heavy atom. The molecule has 0 radical (unpaired) electrons. The van der Waals surface area contributed by atoms with Crippen molar-refractivity contribution in [1.82, 2.24) is 10.2 Å². The molecular weight excluding hydrogens is 198 g/mol. The number of nitro benzene ring substituents is 1. The summed E-state index contributed by atoms with van der Waals surface area (Å²) < 4.78 is 5.23. The first kappa shape index (κ1) is 9.45. The fourth-order valence-electron chi connectivity index (χ4n) is 1.34. The first-order chi connectivity index (χ1) is 7.22.